The molecule has 0 unspecified atom stereocenters. The first-order valence-electron chi connectivity index (χ1n) is 8.45. The third kappa shape index (κ3) is 4.71. The van der Waals surface area contributed by atoms with E-state index in [9.17, 15) is 19.5 Å². The molecule has 0 aliphatic carbocycles. The number of likely N-dealkylation sites (tertiary alicyclic amines) is 1. The molecule has 0 spiro atoms. The number of hydrogen-bond donors (Lipinski definition) is 2. The first-order chi connectivity index (χ1) is 11.9. The van der Waals surface area contributed by atoms with Crippen molar-refractivity contribution >= 4 is 17.8 Å². The fourth-order valence-electron chi connectivity index (χ4n) is 3.15. The van der Waals surface area contributed by atoms with E-state index in [4.69, 9.17) is 4.74 Å². The summed E-state index contributed by atoms with van der Waals surface area (Å²) >= 11 is 0. The average molecular weight is 348 g/mol. The van der Waals surface area contributed by atoms with Crippen molar-refractivity contribution in [1.82, 2.24) is 10.2 Å². The van der Waals surface area contributed by atoms with E-state index in [0.717, 1.165) is 0 Å². The number of benzene rings is 1. The van der Waals surface area contributed by atoms with Crippen molar-refractivity contribution in [3.05, 3.63) is 29.8 Å². The Morgan fingerprint density at radius 2 is 2.08 bits per heavy atom. The van der Waals surface area contributed by atoms with Crippen LogP contribution in [0.15, 0.2) is 24.3 Å². The van der Waals surface area contributed by atoms with Gasteiger partial charge in [0.2, 0.25) is 11.8 Å². The number of nitrogens with zero attached hydrogens (tertiary/aromatic N) is 1. The molecule has 1 heterocycles. The van der Waals surface area contributed by atoms with Gasteiger partial charge < -0.3 is 20.1 Å². The molecule has 1 aliphatic rings. The van der Waals surface area contributed by atoms with Crippen LogP contribution in [0.1, 0.15) is 44.7 Å². The van der Waals surface area contributed by atoms with Gasteiger partial charge in [-0.05, 0) is 25.8 Å². The molecular formula is C18H24N2O5. The van der Waals surface area contributed by atoms with E-state index in [1.807, 2.05) is 19.1 Å². The number of carboxylic acids is 1. The predicted molar refractivity (Wildman–Crippen MR) is 91.2 cm³/mol. The van der Waals surface area contributed by atoms with Gasteiger partial charge in [-0.3, -0.25) is 9.59 Å². The van der Waals surface area contributed by atoms with Crippen LogP contribution in [0.4, 0.5) is 0 Å². The molecule has 1 fully saturated rings. The fourth-order valence-corrected chi connectivity index (χ4v) is 3.15. The second-order valence-corrected chi connectivity index (χ2v) is 6.01. The van der Waals surface area contributed by atoms with Crippen LogP contribution in [0.5, 0.6) is 5.75 Å². The predicted octanol–water partition coefficient (Wildman–Crippen LogP) is 1.73. The maximum Gasteiger partial charge on any atom is 0.326 e. The van der Waals surface area contributed by atoms with Crippen molar-refractivity contribution in [1.29, 1.82) is 0 Å². The Balaban J connectivity index is 2.22. The summed E-state index contributed by atoms with van der Waals surface area (Å²) < 4.78 is 5.60. The number of rotatable bonds is 7. The lowest BCUT2D eigenvalue weighted by atomic mass is 10.0. The van der Waals surface area contributed by atoms with E-state index in [1.165, 1.54) is 11.8 Å². The Kier molecular flexibility index (Phi) is 6.38. The van der Waals surface area contributed by atoms with Gasteiger partial charge >= 0.3 is 5.97 Å². The highest BCUT2D eigenvalue weighted by Crippen LogP contribution is 2.29. The Bertz CT molecular complexity index is 646. The summed E-state index contributed by atoms with van der Waals surface area (Å²) in [6, 6.07) is 5.87. The second-order valence-electron chi connectivity index (χ2n) is 6.01. The minimum Gasteiger partial charge on any atom is -0.494 e. The van der Waals surface area contributed by atoms with Crippen LogP contribution >= 0.6 is 0 Å². The molecule has 2 rings (SSSR count). The molecule has 0 radical (unpaired) electrons. The van der Waals surface area contributed by atoms with Gasteiger partial charge in [0.05, 0.1) is 19.1 Å². The normalized spacial score (nSPS) is 17.8. The summed E-state index contributed by atoms with van der Waals surface area (Å²) in [7, 11) is 0. The van der Waals surface area contributed by atoms with Crippen LogP contribution in [0.2, 0.25) is 0 Å². The molecule has 2 amide bonds. The van der Waals surface area contributed by atoms with Crippen molar-refractivity contribution in [3.63, 3.8) is 0 Å². The topological polar surface area (TPSA) is 95.9 Å². The van der Waals surface area contributed by atoms with E-state index in [-0.39, 0.29) is 18.2 Å². The lowest BCUT2D eigenvalue weighted by Gasteiger charge is -2.26. The number of nitrogens with one attached hydrogen (secondary N) is 1. The highest BCUT2D eigenvalue weighted by Gasteiger charge is 2.35. The molecule has 0 aromatic heterocycles. The molecule has 7 nitrogen and oxygen atoms in total. The Hall–Kier alpha value is -2.57. The number of carboxylic acid groups (broad SMARTS) is 1. The van der Waals surface area contributed by atoms with Gasteiger partial charge in [-0.2, -0.15) is 0 Å². The van der Waals surface area contributed by atoms with E-state index < -0.39 is 18.1 Å². The van der Waals surface area contributed by atoms with Gasteiger partial charge in [0.25, 0.3) is 0 Å². The van der Waals surface area contributed by atoms with Crippen LogP contribution in [0.25, 0.3) is 0 Å². The van der Waals surface area contributed by atoms with E-state index in [0.29, 0.717) is 37.3 Å². The smallest absolute Gasteiger partial charge is 0.326 e. The fraction of sp³-hybridized carbons (Fsp3) is 0.500. The first-order valence-corrected chi connectivity index (χ1v) is 8.45. The molecule has 0 bridgehead atoms. The standard InChI is InChI=1S/C18H24N2O5/c1-3-25-16-9-5-4-7-13(16)14(19-12(2)21)11-17(22)20-10-6-8-15(20)18(23)24/h4-5,7,9,14-15H,3,6,8,10-11H2,1-2H3,(H,19,21)(H,23,24)/t14-,15+/m1/s1. The molecular weight excluding hydrogens is 324 g/mol. The third-order valence-corrected chi connectivity index (χ3v) is 4.21. The molecule has 2 N–H and O–H groups in total. The lowest BCUT2D eigenvalue weighted by Crippen LogP contribution is -2.42. The zero-order chi connectivity index (χ0) is 18.4. The van der Waals surface area contributed by atoms with E-state index in [1.54, 1.807) is 12.1 Å². The van der Waals surface area contributed by atoms with E-state index >= 15 is 0 Å². The molecule has 1 saturated heterocycles. The van der Waals surface area contributed by atoms with Gasteiger partial charge in [0, 0.05) is 19.0 Å². The molecule has 0 saturated carbocycles. The minimum atomic E-state index is -0.989. The summed E-state index contributed by atoms with van der Waals surface area (Å²) in [4.78, 5) is 37.0. The molecule has 1 aromatic carbocycles. The van der Waals surface area contributed by atoms with Crippen LogP contribution in [-0.2, 0) is 14.4 Å². The van der Waals surface area contributed by atoms with Crippen LogP contribution in [0, 0.1) is 0 Å². The Morgan fingerprint density at radius 1 is 1.36 bits per heavy atom. The number of carbonyl (C=O) groups excluding carboxylic acids is 2. The quantitative estimate of drug-likeness (QED) is 0.782. The third-order valence-electron chi connectivity index (χ3n) is 4.21. The highest BCUT2D eigenvalue weighted by molar-refractivity contribution is 5.85. The number of carbonyl (C=O) groups is 3. The Morgan fingerprint density at radius 3 is 2.72 bits per heavy atom. The van der Waals surface area contributed by atoms with Gasteiger partial charge in [0.15, 0.2) is 0 Å². The van der Waals surface area contributed by atoms with Crippen LogP contribution in [0.3, 0.4) is 0 Å². The maximum atomic E-state index is 12.7. The Labute approximate surface area is 147 Å². The average Bonchev–Trinajstić information content (AvgIpc) is 3.04. The maximum absolute atomic E-state index is 12.7. The van der Waals surface area contributed by atoms with Crippen LogP contribution < -0.4 is 10.1 Å². The number of hydrogen-bond acceptors (Lipinski definition) is 4. The second kappa shape index (κ2) is 8.50. The molecule has 25 heavy (non-hydrogen) atoms. The largest absolute Gasteiger partial charge is 0.494 e. The number of para-hydroxylation sites is 1. The summed E-state index contributed by atoms with van der Waals surface area (Å²) in [5.41, 5.74) is 0.707. The van der Waals surface area contributed by atoms with Gasteiger partial charge in [-0.15, -0.1) is 0 Å². The van der Waals surface area contributed by atoms with Crippen molar-refractivity contribution in [2.24, 2.45) is 0 Å². The SMILES string of the molecule is CCOc1ccccc1[C@@H](CC(=O)N1CCC[C@H]1C(=O)O)NC(C)=O. The molecule has 136 valence electrons. The summed E-state index contributed by atoms with van der Waals surface area (Å²) in [5, 5.41) is 12.0. The first kappa shape index (κ1) is 18.8. The molecule has 2 atom stereocenters. The molecule has 1 aromatic rings. The van der Waals surface area contributed by atoms with Crippen molar-refractivity contribution in [2.45, 2.75) is 45.2 Å². The minimum absolute atomic E-state index is 0.00650. The summed E-state index contributed by atoms with van der Waals surface area (Å²) in [6.45, 7) is 4.13. The van der Waals surface area contributed by atoms with Gasteiger partial charge in [0.1, 0.15) is 11.8 Å². The summed E-state index contributed by atoms with van der Waals surface area (Å²) in [5.74, 6) is -0.931. The highest BCUT2D eigenvalue weighted by atomic mass is 16.5. The zero-order valence-corrected chi connectivity index (χ0v) is 14.5. The van der Waals surface area contributed by atoms with Crippen molar-refractivity contribution in [3.8, 4) is 5.75 Å². The monoisotopic (exact) mass is 348 g/mol. The lowest BCUT2D eigenvalue weighted by molar-refractivity contribution is -0.148. The van der Waals surface area contributed by atoms with Crippen molar-refractivity contribution < 1.29 is 24.2 Å². The van der Waals surface area contributed by atoms with Gasteiger partial charge in [-0.1, -0.05) is 18.2 Å². The number of amides is 2. The molecule has 1 aliphatic heterocycles. The van der Waals surface area contributed by atoms with E-state index in [2.05, 4.69) is 5.32 Å². The summed E-state index contributed by atoms with van der Waals surface area (Å²) in [6.07, 6.45) is 1.12. The van der Waals surface area contributed by atoms with Gasteiger partial charge in [-0.25, -0.2) is 4.79 Å². The van der Waals surface area contributed by atoms with Crippen LogP contribution in [-0.4, -0.2) is 47.0 Å². The van der Waals surface area contributed by atoms with Crippen molar-refractivity contribution in [2.75, 3.05) is 13.2 Å². The number of aliphatic carboxylic acids is 1. The zero-order valence-electron chi connectivity index (χ0n) is 14.5. The number of ether oxygens (including phenoxy) is 1. The molecule has 7 heteroatoms.